The van der Waals surface area contributed by atoms with Gasteiger partial charge in [-0.15, -0.1) is 0 Å². The molecule has 0 saturated carbocycles. The Kier molecular flexibility index (Phi) is 6.76. The molecule has 0 radical (unpaired) electrons. The molecule has 1 aromatic heterocycles. The van der Waals surface area contributed by atoms with Gasteiger partial charge < -0.3 is 10.1 Å². The number of anilines is 2. The van der Waals surface area contributed by atoms with Crippen LogP contribution in [0.3, 0.4) is 0 Å². The van der Waals surface area contributed by atoms with Gasteiger partial charge in [0.2, 0.25) is 5.95 Å². The first kappa shape index (κ1) is 20.7. The van der Waals surface area contributed by atoms with Crippen molar-refractivity contribution < 1.29 is 22.7 Å². The zero-order valence-electron chi connectivity index (χ0n) is 15.5. The van der Waals surface area contributed by atoms with Crippen LogP contribution in [0.15, 0.2) is 24.4 Å². The second kappa shape index (κ2) is 8.83. The number of hydrogen-bond donors (Lipinski definition) is 1. The number of alkyl halides is 3. The van der Waals surface area contributed by atoms with Crippen molar-refractivity contribution in [1.82, 2.24) is 9.97 Å². The van der Waals surface area contributed by atoms with E-state index in [-0.39, 0.29) is 12.6 Å². The third-order valence-electron chi connectivity index (χ3n) is 3.91. The number of aryl methyl sites for hydroxylation is 2. The fraction of sp³-hybridized carbons (Fsp3) is 0.421. The van der Waals surface area contributed by atoms with E-state index in [9.17, 15) is 18.0 Å². The molecule has 0 unspecified atom stereocenters. The average molecular weight is 381 g/mol. The van der Waals surface area contributed by atoms with Crippen LogP contribution < -0.4 is 5.32 Å². The van der Waals surface area contributed by atoms with Crippen molar-refractivity contribution in [1.29, 1.82) is 0 Å². The Morgan fingerprint density at radius 2 is 2.00 bits per heavy atom. The highest BCUT2D eigenvalue weighted by atomic mass is 19.4. The zero-order chi connectivity index (χ0) is 20.0. The van der Waals surface area contributed by atoms with Crippen LogP contribution in [0.2, 0.25) is 0 Å². The summed E-state index contributed by atoms with van der Waals surface area (Å²) in [4.78, 5) is 19.1. The largest absolute Gasteiger partial charge is 0.462 e. The Bertz CT molecular complexity index is 807. The van der Waals surface area contributed by atoms with Crippen molar-refractivity contribution in [3.63, 3.8) is 0 Å². The van der Waals surface area contributed by atoms with E-state index in [0.717, 1.165) is 36.6 Å². The van der Waals surface area contributed by atoms with E-state index in [1.54, 1.807) is 6.07 Å². The molecule has 0 aliphatic rings. The predicted molar refractivity (Wildman–Crippen MR) is 96.1 cm³/mol. The van der Waals surface area contributed by atoms with Crippen molar-refractivity contribution >= 4 is 17.6 Å². The summed E-state index contributed by atoms with van der Waals surface area (Å²) in [5, 5.41) is 2.79. The smallest absolute Gasteiger partial charge is 0.434 e. The fourth-order valence-corrected chi connectivity index (χ4v) is 2.54. The number of esters is 1. The summed E-state index contributed by atoms with van der Waals surface area (Å²) in [6.07, 6.45) is -0.873. The zero-order valence-corrected chi connectivity index (χ0v) is 15.5. The van der Waals surface area contributed by atoms with E-state index in [1.165, 1.54) is 6.92 Å². The molecule has 1 aromatic carbocycles. The number of carbonyl (C=O) groups excluding carboxylic acids is 1. The van der Waals surface area contributed by atoms with E-state index in [2.05, 4.69) is 26.9 Å². The molecule has 0 saturated heterocycles. The number of benzene rings is 1. The summed E-state index contributed by atoms with van der Waals surface area (Å²) in [6, 6.07) is 5.69. The highest BCUT2D eigenvalue weighted by molar-refractivity contribution is 5.90. The molecular weight excluding hydrogens is 359 g/mol. The SMILES string of the molecule is CCCCc1ccc(Nc2ncc(C(=O)OCC)c(C(F)(F)F)n2)c(C)c1. The van der Waals surface area contributed by atoms with Gasteiger partial charge in [0.25, 0.3) is 0 Å². The summed E-state index contributed by atoms with van der Waals surface area (Å²) < 4.78 is 44.5. The highest BCUT2D eigenvalue weighted by Gasteiger charge is 2.38. The molecule has 0 amide bonds. The van der Waals surface area contributed by atoms with Crippen LogP contribution in [0.4, 0.5) is 24.8 Å². The van der Waals surface area contributed by atoms with Gasteiger partial charge in [0.15, 0.2) is 5.69 Å². The minimum absolute atomic E-state index is 0.0420. The Balaban J connectivity index is 2.30. The number of nitrogens with zero attached hydrogens (tertiary/aromatic N) is 2. The molecule has 27 heavy (non-hydrogen) atoms. The van der Waals surface area contributed by atoms with Crippen molar-refractivity contribution in [3.05, 3.63) is 46.8 Å². The first-order valence-electron chi connectivity index (χ1n) is 8.74. The lowest BCUT2D eigenvalue weighted by Gasteiger charge is -2.14. The summed E-state index contributed by atoms with van der Waals surface area (Å²) in [5.41, 5.74) is 0.606. The summed E-state index contributed by atoms with van der Waals surface area (Å²) in [7, 11) is 0. The minimum Gasteiger partial charge on any atom is -0.462 e. The topological polar surface area (TPSA) is 64.1 Å². The molecule has 146 valence electrons. The molecule has 1 heterocycles. The quantitative estimate of drug-likeness (QED) is 0.679. The number of hydrogen-bond acceptors (Lipinski definition) is 5. The molecule has 2 aromatic rings. The molecule has 5 nitrogen and oxygen atoms in total. The van der Waals surface area contributed by atoms with Crippen molar-refractivity contribution in [3.8, 4) is 0 Å². The Morgan fingerprint density at radius 3 is 2.59 bits per heavy atom. The van der Waals surface area contributed by atoms with Crippen LogP contribution in [0.1, 0.15) is 53.9 Å². The Morgan fingerprint density at radius 1 is 1.26 bits per heavy atom. The Labute approximate surface area is 156 Å². The molecule has 0 aliphatic heterocycles. The van der Waals surface area contributed by atoms with Gasteiger partial charge in [0.1, 0.15) is 5.56 Å². The molecular formula is C19H22F3N3O2. The Hall–Kier alpha value is -2.64. The van der Waals surface area contributed by atoms with E-state index in [0.29, 0.717) is 5.69 Å². The molecule has 0 bridgehead atoms. The van der Waals surface area contributed by atoms with Crippen LogP contribution in [-0.4, -0.2) is 22.5 Å². The average Bonchev–Trinajstić information content (AvgIpc) is 2.61. The molecule has 8 heteroatoms. The number of nitrogens with one attached hydrogen (secondary N) is 1. The van der Waals surface area contributed by atoms with Gasteiger partial charge in [-0.2, -0.15) is 13.2 Å². The maximum absolute atomic E-state index is 13.3. The van der Waals surface area contributed by atoms with Crippen LogP contribution in [0.5, 0.6) is 0 Å². The van der Waals surface area contributed by atoms with Crippen molar-refractivity contribution in [2.24, 2.45) is 0 Å². The van der Waals surface area contributed by atoms with E-state index < -0.39 is 23.4 Å². The maximum atomic E-state index is 13.3. The van der Waals surface area contributed by atoms with Crippen LogP contribution in [0, 0.1) is 6.92 Å². The number of carbonyl (C=O) groups is 1. The highest BCUT2D eigenvalue weighted by Crippen LogP contribution is 2.32. The number of ether oxygens (including phenoxy) is 1. The lowest BCUT2D eigenvalue weighted by molar-refractivity contribution is -0.141. The number of rotatable bonds is 7. The monoisotopic (exact) mass is 381 g/mol. The maximum Gasteiger partial charge on any atom is 0.434 e. The summed E-state index contributed by atoms with van der Waals surface area (Å²) in [6.45, 7) is 5.43. The number of halogens is 3. The second-order valence-corrected chi connectivity index (χ2v) is 6.05. The summed E-state index contributed by atoms with van der Waals surface area (Å²) in [5.74, 6) is -1.34. The molecule has 0 spiro atoms. The normalized spacial score (nSPS) is 11.3. The third-order valence-corrected chi connectivity index (χ3v) is 3.91. The van der Waals surface area contributed by atoms with Gasteiger partial charge in [-0.05, 0) is 43.9 Å². The standard InChI is InChI=1S/C19H22F3N3O2/c1-4-6-7-13-8-9-15(12(3)10-13)24-18-23-11-14(17(26)27-5-2)16(25-18)19(20,21)22/h8-11H,4-7H2,1-3H3,(H,23,24,25). The predicted octanol–water partition coefficient (Wildman–Crippen LogP) is 5.07. The van der Waals surface area contributed by atoms with Crippen LogP contribution in [0.25, 0.3) is 0 Å². The van der Waals surface area contributed by atoms with Gasteiger partial charge in [0.05, 0.1) is 6.61 Å². The van der Waals surface area contributed by atoms with Crippen LogP contribution in [-0.2, 0) is 17.3 Å². The van der Waals surface area contributed by atoms with Gasteiger partial charge in [-0.3, -0.25) is 0 Å². The van der Waals surface area contributed by atoms with Gasteiger partial charge in [-0.25, -0.2) is 14.8 Å². The van der Waals surface area contributed by atoms with Gasteiger partial charge in [0, 0.05) is 11.9 Å². The molecule has 1 N–H and O–H groups in total. The van der Waals surface area contributed by atoms with Crippen LogP contribution >= 0.6 is 0 Å². The molecule has 0 aliphatic carbocycles. The van der Waals surface area contributed by atoms with E-state index >= 15 is 0 Å². The van der Waals surface area contributed by atoms with Gasteiger partial charge in [-0.1, -0.05) is 25.5 Å². The van der Waals surface area contributed by atoms with E-state index in [1.807, 2.05) is 19.1 Å². The first-order valence-corrected chi connectivity index (χ1v) is 8.74. The fourth-order valence-electron chi connectivity index (χ4n) is 2.54. The van der Waals surface area contributed by atoms with E-state index in [4.69, 9.17) is 0 Å². The first-order chi connectivity index (χ1) is 12.8. The molecule has 2 rings (SSSR count). The lowest BCUT2D eigenvalue weighted by atomic mass is 10.0. The minimum atomic E-state index is -4.81. The molecule has 0 atom stereocenters. The second-order valence-electron chi connectivity index (χ2n) is 6.05. The summed E-state index contributed by atoms with van der Waals surface area (Å²) >= 11 is 0. The number of unbranched alkanes of at least 4 members (excludes halogenated alkanes) is 1. The third kappa shape index (κ3) is 5.42. The van der Waals surface area contributed by atoms with Crippen molar-refractivity contribution in [2.45, 2.75) is 46.2 Å². The lowest BCUT2D eigenvalue weighted by Crippen LogP contribution is -2.19. The van der Waals surface area contributed by atoms with Gasteiger partial charge >= 0.3 is 12.1 Å². The molecule has 0 fully saturated rings. The van der Waals surface area contributed by atoms with Crippen molar-refractivity contribution in [2.75, 3.05) is 11.9 Å². The number of aromatic nitrogens is 2.